The summed E-state index contributed by atoms with van der Waals surface area (Å²) in [5, 5.41) is 12.2. The first kappa shape index (κ1) is 13.9. The molecule has 5 nitrogen and oxygen atoms in total. The average Bonchev–Trinajstić information content (AvgIpc) is 2.36. The summed E-state index contributed by atoms with van der Waals surface area (Å²) >= 11 is 0. The average molecular weight is 238 g/mol. The van der Waals surface area contributed by atoms with E-state index in [9.17, 15) is 4.79 Å². The molecule has 0 aromatic heterocycles. The van der Waals surface area contributed by atoms with Crippen molar-refractivity contribution in [2.75, 3.05) is 33.2 Å². The van der Waals surface area contributed by atoms with Crippen molar-refractivity contribution in [1.82, 2.24) is 15.1 Å². The van der Waals surface area contributed by atoms with Gasteiger partial charge in [0.2, 0.25) is 5.91 Å². The quantitative estimate of drug-likeness (QED) is 0.754. The van der Waals surface area contributed by atoms with Crippen LogP contribution in [0.3, 0.4) is 0 Å². The van der Waals surface area contributed by atoms with Gasteiger partial charge >= 0.3 is 0 Å². The van der Waals surface area contributed by atoms with Gasteiger partial charge in [0.15, 0.2) is 0 Å². The van der Waals surface area contributed by atoms with Crippen LogP contribution in [-0.4, -0.2) is 60.5 Å². The first-order chi connectivity index (χ1) is 7.91. The van der Waals surface area contributed by atoms with Crippen LogP contribution in [-0.2, 0) is 4.79 Å². The third kappa shape index (κ3) is 2.96. The number of hydrogen-bond donors (Lipinski definition) is 1. The molecule has 1 N–H and O–H groups in total. The fourth-order valence-corrected chi connectivity index (χ4v) is 1.98. The lowest BCUT2D eigenvalue weighted by atomic mass is 9.99. The normalized spacial score (nSPS) is 18.9. The second-order valence-electron chi connectivity index (χ2n) is 5.02. The largest absolute Gasteiger partial charge is 0.339 e. The molecule has 1 rings (SSSR count). The van der Waals surface area contributed by atoms with Gasteiger partial charge < -0.3 is 10.2 Å². The Labute approximate surface area is 103 Å². The molecule has 0 aromatic rings. The van der Waals surface area contributed by atoms with Crippen LogP contribution in [0.25, 0.3) is 0 Å². The van der Waals surface area contributed by atoms with Crippen LogP contribution < -0.4 is 5.32 Å². The molecule has 1 aliphatic heterocycles. The molecule has 0 aromatic carbocycles. The summed E-state index contributed by atoms with van der Waals surface area (Å²) in [6, 6.07) is 1.90. The molecule has 0 aliphatic carbocycles. The highest BCUT2D eigenvalue weighted by Crippen LogP contribution is 2.19. The van der Waals surface area contributed by atoms with E-state index in [4.69, 9.17) is 5.26 Å². The van der Waals surface area contributed by atoms with E-state index in [0.29, 0.717) is 0 Å². The second-order valence-corrected chi connectivity index (χ2v) is 5.02. The Morgan fingerprint density at radius 1 is 1.47 bits per heavy atom. The zero-order valence-corrected chi connectivity index (χ0v) is 11.2. The lowest BCUT2D eigenvalue weighted by Crippen LogP contribution is -2.59. The smallest absolute Gasteiger partial charge is 0.242 e. The number of nitrogens with zero attached hydrogens (tertiary/aromatic N) is 3. The highest BCUT2D eigenvalue weighted by molar-refractivity contribution is 5.85. The van der Waals surface area contributed by atoms with Gasteiger partial charge in [-0.05, 0) is 27.8 Å². The van der Waals surface area contributed by atoms with Crippen molar-refractivity contribution in [2.24, 2.45) is 0 Å². The minimum atomic E-state index is -0.632. The molecule has 1 heterocycles. The summed E-state index contributed by atoms with van der Waals surface area (Å²) in [4.78, 5) is 16.1. The van der Waals surface area contributed by atoms with Gasteiger partial charge in [0, 0.05) is 26.2 Å². The Morgan fingerprint density at radius 3 is 2.47 bits per heavy atom. The van der Waals surface area contributed by atoms with Gasteiger partial charge in [-0.3, -0.25) is 9.69 Å². The standard InChI is InChI=1S/C12H22N4O/c1-10(9-13)15(4)12(2,3)11(17)16-7-5-14-6-8-16/h10,14H,5-8H2,1-4H3. The molecule has 17 heavy (non-hydrogen) atoms. The van der Waals surface area contributed by atoms with Crippen LogP contribution in [0.15, 0.2) is 0 Å². The number of nitriles is 1. The monoisotopic (exact) mass is 238 g/mol. The number of amides is 1. The predicted octanol–water partition coefficient (Wildman–Crippen LogP) is 0.0407. The van der Waals surface area contributed by atoms with Gasteiger partial charge in [-0.2, -0.15) is 5.26 Å². The third-order valence-corrected chi connectivity index (χ3v) is 3.58. The number of carbonyl (C=O) groups excluding carboxylic acids is 1. The van der Waals surface area contributed by atoms with Crippen molar-refractivity contribution < 1.29 is 4.79 Å². The van der Waals surface area contributed by atoms with Crippen LogP contribution in [0, 0.1) is 11.3 Å². The summed E-state index contributed by atoms with van der Waals surface area (Å²) in [5.74, 6) is 0.101. The van der Waals surface area contributed by atoms with E-state index in [-0.39, 0.29) is 11.9 Å². The fraction of sp³-hybridized carbons (Fsp3) is 0.833. The van der Waals surface area contributed by atoms with E-state index in [2.05, 4.69) is 11.4 Å². The second kappa shape index (κ2) is 5.48. The minimum Gasteiger partial charge on any atom is -0.339 e. The molecule has 1 saturated heterocycles. The molecule has 1 atom stereocenters. The van der Waals surface area contributed by atoms with Gasteiger partial charge in [0.25, 0.3) is 0 Å². The molecular weight excluding hydrogens is 216 g/mol. The van der Waals surface area contributed by atoms with E-state index >= 15 is 0 Å². The summed E-state index contributed by atoms with van der Waals surface area (Å²) in [6.07, 6.45) is 0. The van der Waals surface area contributed by atoms with Crippen molar-refractivity contribution >= 4 is 5.91 Å². The van der Waals surface area contributed by atoms with Crippen LogP contribution in [0.2, 0.25) is 0 Å². The van der Waals surface area contributed by atoms with Crippen molar-refractivity contribution in [3.63, 3.8) is 0 Å². The van der Waals surface area contributed by atoms with Crippen LogP contribution in [0.1, 0.15) is 20.8 Å². The molecule has 0 radical (unpaired) electrons. The minimum absolute atomic E-state index is 0.101. The third-order valence-electron chi connectivity index (χ3n) is 3.58. The fourth-order valence-electron chi connectivity index (χ4n) is 1.98. The molecule has 1 fully saturated rings. The molecule has 1 aliphatic rings. The van der Waals surface area contributed by atoms with Crippen LogP contribution >= 0.6 is 0 Å². The first-order valence-corrected chi connectivity index (χ1v) is 6.04. The molecule has 1 amide bonds. The SMILES string of the molecule is CC(C#N)N(C)C(C)(C)C(=O)N1CCNCC1. The van der Waals surface area contributed by atoms with Gasteiger partial charge in [0.05, 0.1) is 17.6 Å². The summed E-state index contributed by atoms with van der Waals surface area (Å²) < 4.78 is 0. The Kier molecular flexibility index (Phi) is 4.49. The predicted molar refractivity (Wildman–Crippen MR) is 66.4 cm³/mol. The van der Waals surface area contributed by atoms with Crippen molar-refractivity contribution in [1.29, 1.82) is 5.26 Å². The Hall–Kier alpha value is -1.12. The van der Waals surface area contributed by atoms with Crippen molar-refractivity contribution in [2.45, 2.75) is 32.4 Å². The van der Waals surface area contributed by atoms with E-state index in [1.807, 2.05) is 37.6 Å². The number of nitrogens with one attached hydrogen (secondary N) is 1. The number of likely N-dealkylation sites (N-methyl/N-ethyl adjacent to an activating group) is 1. The van der Waals surface area contributed by atoms with Gasteiger partial charge in [0.1, 0.15) is 0 Å². The molecule has 96 valence electrons. The molecule has 0 spiro atoms. The maximum atomic E-state index is 12.4. The number of carbonyl (C=O) groups is 1. The number of rotatable bonds is 3. The Balaban J connectivity index is 2.74. The van der Waals surface area contributed by atoms with Crippen LogP contribution in [0.4, 0.5) is 0 Å². The number of piperazine rings is 1. The van der Waals surface area contributed by atoms with Crippen LogP contribution in [0.5, 0.6) is 0 Å². The Morgan fingerprint density at radius 2 is 2.00 bits per heavy atom. The topological polar surface area (TPSA) is 59.4 Å². The van der Waals surface area contributed by atoms with Crippen molar-refractivity contribution in [3.05, 3.63) is 0 Å². The molecule has 0 saturated carbocycles. The molecule has 5 heteroatoms. The zero-order chi connectivity index (χ0) is 13.1. The number of hydrogen-bond acceptors (Lipinski definition) is 4. The molecular formula is C12H22N4O. The van der Waals surface area contributed by atoms with Gasteiger partial charge in [-0.1, -0.05) is 0 Å². The van der Waals surface area contributed by atoms with E-state index in [0.717, 1.165) is 26.2 Å². The molecule has 0 bridgehead atoms. The highest BCUT2D eigenvalue weighted by atomic mass is 16.2. The first-order valence-electron chi connectivity index (χ1n) is 6.04. The van der Waals surface area contributed by atoms with Crippen molar-refractivity contribution in [3.8, 4) is 6.07 Å². The summed E-state index contributed by atoms with van der Waals surface area (Å²) in [7, 11) is 1.83. The lowest BCUT2D eigenvalue weighted by molar-refractivity contribution is -0.143. The van der Waals surface area contributed by atoms with E-state index in [1.54, 1.807) is 0 Å². The van der Waals surface area contributed by atoms with Gasteiger partial charge in [-0.15, -0.1) is 0 Å². The Bertz CT molecular complexity index is 315. The van der Waals surface area contributed by atoms with E-state index < -0.39 is 5.54 Å². The molecule has 1 unspecified atom stereocenters. The van der Waals surface area contributed by atoms with Gasteiger partial charge in [-0.25, -0.2) is 0 Å². The summed E-state index contributed by atoms with van der Waals surface area (Å²) in [5.41, 5.74) is -0.632. The highest BCUT2D eigenvalue weighted by Gasteiger charge is 2.38. The zero-order valence-electron chi connectivity index (χ0n) is 11.2. The maximum Gasteiger partial charge on any atom is 0.242 e. The summed E-state index contributed by atoms with van der Waals surface area (Å²) in [6.45, 7) is 8.76. The lowest BCUT2D eigenvalue weighted by Gasteiger charge is -2.40. The van der Waals surface area contributed by atoms with E-state index in [1.165, 1.54) is 0 Å². The maximum absolute atomic E-state index is 12.4.